The van der Waals surface area contributed by atoms with E-state index >= 15 is 0 Å². The molecular weight excluding hydrogens is 355 g/mol. The van der Waals surface area contributed by atoms with Crippen LogP contribution in [0.2, 0.25) is 0 Å². The molecule has 1 fully saturated rings. The Balaban J connectivity index is 1.39. The first-order valence-corrected chi connectivity index (χ1v) is 9.72. The zero-order chi connectivity index (χ0) is 19.5. The van der Waals surface area contributed by atoms with E-state index in [2.05, 4.69) is 40.3 Å². The lowest BCUT2D eigenvalue weighted by Crippen LogP contribution is -2.43. The molecule has 0 saturated carbocycles. The van der Waals surface area contributed by atoms with E-state index in [9.17, 15) is 9.18 Å². The fourth-order valence-electron chi connectivity index (χ4n) is 3.84. The predicted molar refractivity (Wildman–Crippen MR) is 110 cm³/mol. The number of para-hydroxylation sites is 1. The molecular formula is C22H25FN4O. The van der Waals surface area contributed by atoms with Crippen LogP contribution in [-0.2, 0) is 6.54 Å². The van der Waals surface area contributed by atoms with Crippen molar-refractivity contribution in [1.29, 1.82) is 0 Å². The minimum absolute atomic E-state index is 0.250. The Hall–Kier alpha value is -2.86. The number of nitrogens with one attached hydrogen (secondary N) is 2. The van der Waals surface area contributed by atoms with Crippen molar-refractivity contribution >= 4 is 22.5 Å². The molecule has 4 rings (SSSR count). The summed E-state index contributed by atoms with van der Waals surface area (Å²) in [7, 11) is 0. The van der Waals surface area contributed by atoms with E-state index < -0.39 is 0 Å². The van der Waals surface area contributed by atoms with Gasteiger partial charge in [-0.2, -0.15) is 0 Å². The van der Waals surface area contributed by atoms with Crippen molar-refractivity contribution in [3.8, 4) is 0 Å². The maximum atomic E-state index is 14.5. The lowest BCUT2D eigenvalue weighted by atomic mass is 10.1. The van der Waals surface area contributed by atoms with E-state index in [0.717, 1.165) is 37.4 Å². The first-order valence-electron chi connectivity index (χ1n) is 9.72. The topological polar surface area (TPSA) is 49.3 Å². The highest BCUT2D eigenvalue weighted by molar-refractivity contribution is 5.94. The number of anilines is 1. The smallest absolute Gasteiger partial charge is 0.251 e. The Morgan fingerprint density at radius 2 is 1.93 bits per heavy atom. The Morgan fingerprint density at radius 1 is 1.14 bits per heavy atom. The lowest BCUT2D eigenvalue weighted by Gasteiger charge is -2.29. The summed E-state index contributed by atoms with van der Waals surface area (Å²) < 4.78 is 16.7. The van der Waals surface area contributed by atoms with Crippen LogP contribution in [0, 0.1) is 12.7 Å². The van der Waals surface area contributed by atoms with E-state index in [1.807, 2.05) is 17.0 Å². The fraction of sp³-hybridized carbons (Fsp3) is 0.318. The summed E-state index contributed by atoms with van der Waals surface area (Å²) in [4.78, 5) is 14.5. The summed E-state index contributed by atoms with van der Waals surface area (Å²) in [5.74, 6) is -0.596. The van der Waals surface area contributed by atoms with E-state index in [0.29, 0.717) is 24.3 Å². The third-order valence-corrected chi connectivity index (χ3v) is 5.31. The van der Waals surface area contributed by atoms with E-state index in [1.54, 1.807) is 12.1 Å². The average Bonchev–Trinajstić information content (AvgIpc) is 3.04. The molecule has 6 heteroatoms. The molecule has 1 aliphatic rings. The molecule has 1 aliphatic heterocycles. The van der Waals surface area contributed by atoms with E-state index in [1.165, 1.54) is 11.5 Å². The number of hydrogen-bond acceptors (Lipinski definition) is 3. The van der Waals surface area contributed by atoms with Gasteiger partial charge in [-0.25, -0.2) is 4.39 Å². The first-order chi connectivity index (χ1) is 13.6. The number of rotatable bonds is 5. The molecule has 1 saturated heterocycles. The van der Waals surface area contributed by atoms with Gasteiger partial charge in [0.25, 0.3) is 5.91 Å². The van der Waals surface area contributed by atoms with Crippen molar-refractivity contribution in [3.05, 3.63) is 65.6 Å². The Kier molecular flexibility index (Phi) is 5.30. The zero-order valence-electron chi connectivity index (χ0n) is 16.0. The maximum Gasteiger partial charge on any atom is 0.251 e. The molecule has 2 N–H and O–H groups in total. The Labute approximate surface area is 164 Å². The minimum Gasteiger partial charge on any atom is -0.367 e. The first kappa shape index (κ1) is 18.5. The third kappa shape index (κ3) is 3.73. The third-order valence-electron chi connectivity index (χ3n) is 5.31. The Morgan fingerprint density at radius 3 is 2.71 bits per heavy atom. The molecule has 0 unspecified atom stereocenters. The Bertz CT molecular complexity index is 991. The van der Waals surface area contributed by atoms with Gasteiger partial charge in [-0.15, -0.1) is 0 Å². The second-order valence-corrected chi connectivity index (χ2v) is 7.16. The van der Waals surface area contributed by atoms with Gasteiger partial charge in [-0.3, -0.25) is 4.79 Å². The number of nitrogens with zero attached hydrogens (tertiary/aromatic N) is 2. The van der Waals surface area contributed by atoms with Gasteiger partial charge in [-0.1, -0.05) is 18.2 Å². The van der Waals surface area contributed by atoms with Crippen molar-refractivity contribution in [1.82, 2.24) is 15.2 Å². The van der Waals surface area contributed by atoms with Crippen LogP contribution in [0.15, 0.2) is 48.5 Å². The van der Waals surface area contributed by atoms with Crippen LogP contribution >= 0.6 is 0 Å². The van der Waals surface area contributed by atoms with Crippen molar-refractivity contribution < 1.29 is 9.18 Å². The van der Waals surface area contributed by atoms with Crippen molar-refractivity contribution in [3.63, 3.8) is 0 Å². The SMILES string of the molecule is Cc1cc2ccccc2n1CCNC(=O)c1ccc(N2CCNCC2)c(F)c1. The summed E-state index contributed by atoms with van der Waals surface area (Å²) in [6, 6.07) is 15.1. The van der Waals surface area contributed by atoms with Crippen LogP contribution in [0.5, 0.6) is 0 Å². The number of piperazine rings is 1. The van der Waals surface area contributed by atoms with Crippen LogP contribution in [0.1, 0.15) is 16.1 Å². The standard InChI is InChI=1S/C22H25FN4O/c1-16-14-17-4-2-3-5-20(17)27(16)13-10-25-22(28)18-6-7-21(19(23)15-18)26-11-8-24-9-12-26/h2-7,14-15,24H,8-13H2,1H3,(H,25,28). The van der Waals surface area contributed by atoms with Crippen LogP contribution in [0.25, 0.3) is 10.9 Å². The van der Waals surface area contributed by atoms with E-state index in [4.69, 9.17) is 0 Å². The molecule has 0 radical (unpaired) electrons. The molecule has 0 aliphatic carbocycles. The molecule has 1 amide bonds. The molecule has 28 heavy (non-hydrogen) atoms. The summed E-state index contributed by atoms with van der Waals surface area (Å²) in [6.07, 6.45) is 0. The molecule has 3 aromatic rings. The average molecular weight is 380 g/mol. The molecule has 0 bridgehead atoms. The van der Waals surface area contributed by atoms with Crippen LogP contribution in [0.3, 0.4) is 0 Å². The van der Waals surface area contributed by atoms with E-state index in [-0.39, 0.29) is 11.7 Å². The normalized spacial score (nSPS) is 14.4. The highest BCUT2D eigenvalue weighted by Gasteiger charge is 2.16. The number of amides is 1. The summed E-state index contributed by atoms with van der Waals surface area (Å²) in [6.45, 7) is 6.45. The van der Waals surface area contributed by atoms with Crippen LogP contribution in [-0.4, -0.2) is 43.2 Å². The van der Waals surface area contributed by atoms with Gasteiger partial charge in [0.2, 0.25) is 0 Å². The second kappa shape index (κ2) is 8.02. The molecule has 5 nitrogen and oxygen atoms in total. The van der Waals surface area contributed by atoms with Gasteiger partial charge in [0.15, 0.2) is 0 Å². The van der Waals surface area contributed by atoms with Gasteiger partial charge in [0, 0.05) is 56.0 Å². The molecule has 0 atom stereocenters. The molecule has 2 heterocycles. The number of carbonyl (C=O) groups is 1. The highest BCUT2D eigenvalue weighted by atomic mass is 19.1. The lowest BCUT2D eigenvalue weighted by molar-refractivity contribution is 0.0952. The van der Waals surface area contributed by atoms with Gasteiger partial charge >= 0.3 is 0 Å². The largest absolute Gasteiger partial charge is 0.367 e. The summed E-state index contributed by atoms with van der Waals surface area (Å²) in [5.41, 5.74) is 3.22. The number of aromatic nitrogens is 1. The monoisotopic (exact) mass is 380 g/mol. The molecule has 1 aromatic heterocycles. The van der Waals surface area contributed by atoms with Crippen LogP contribution in [0.4, 0.5) is 10.1 Å². The van der Waals surface area contributed by atoms with Gasteiger partial charge in [0.05, 0.1) is 5.69 Å². The van der Waals surface area contributed by atoms with Crippen molar-refractivity contribution in [2.75, 3.05) is 37.6 Å². The fourth-order valence-corrected chi connectivity index (χ4v) is 3.84. The van der Waals surface area contributed by atoms with Gasteiger partial charge < -0.3 is 20.1 Å². The minimum atomic E-state index is -0.346. The molecule has 0 spiro atoms. The number of halogens is 1. The maximum absolute atomic E-state index is 14.5. The summed E-state index contributed by atoms with van der Waals surface area (Å²) in [5, 5.41) is 7.35. The van der Waals surface area contributed by atoms with Gasteiger partial charge in [-0.05, 0) is 42.6 Å². The van der Waals surface area contributed by atoms with Crippen molar-refractivity contribution in [2.45, 2.75) is 13.5 Å². The summed E-state index contributed by atoms with van der Waals surface area (Å²) >= 11 is 0. The molecule has 2 aromatic carbocycles. The van der Waals surface area contributed by atoms with Crippen LogP contribution < -0.4 is 15.5 Å². The number of carbonyl (C=O) groups excluding carboxylic acids is 1. The number of benzene rings is 2. The number of fused-ring (bicyclic) bond motifs is 1. The molecule has 146 valence electrons. The quantitative estimate of drug-likeness (QED) is 0.716. The number of hydrogen-bond donors (Lipinski definition) is 2. The van der Waals surface area contributed by atoms with Gasteiger partial charge in [0.1, 0.15) is 5.82 Å². The zero-order valence-corrected chi connectivity index (χ0v) is 16.0. The van der Waals surface area contributed by atoms with Crippen molar-refractivity contribution in [2.24, 2.45) is 0 Å². The second-order valence-electron chi connectivity index (χ2n) is 7.16. The highest BCUT2D eigenvalue weighted by Crippen LogP contribution is 2.21. The predicted octanol–water partition coefficient (Wildman–Crippen LogP) is 2.93. The number of aryl methyl sites for hydroxylation is 1.